The first-order valence-corrected chi connectivity index (χ1v) is 12.1. The Labute approximate surface area is 213 Å². The van der Waals surface area contributed by atoms with Crippen molar-refractivity contribution in [3.8, 4) is 0 Å². The molecule has 1 atom stereocenters. The average molecular weight is 539 g/mol. The van der Waals surface area contributed by atoms with Crippen molar-refractivity contribution in [2.75, 3.05) is 4.90 Å². The van der Waals surface area contributed by atoms with Gasteiger partial charge in [-0.1, -0.05) is 90.8 Å². The van der Waals surface area contributed by atoms with Crippen LogP contribution < -0.4 is 4.90 Å². The van der Waals surface area contributed by atoms with Gasteiger partial charge in [0.05, 0.1) is 11.6 Å². The Hall–Kier alpha value is -2.89. The van der Waals surface area contributed by atoms with Crippen LogP contribution in [0.2, 0.25) is 5.02 Å². The molecule has 0 aliphatic carbocycles. The fraction of sp³-hybridized carbons (Fsp3) is 0.214. The number of aliphatic hydroxyl groups excluding tert-OH is 1. The number of aliphatic hydroxyl groups is 1. The highest BCUT2D eigenvalue weighted by molar-refractivity contribution is 9.10. The van der Waals surface area contributed by atoms with Crippen LogP contribution in [0.1, 0.15) is 49.1 Å². The molecule has 1 aliphatic rings. The lowest BCUT2D eigenvalue weighted by atomic mass is 9.85. The minimum absolute atomic E-state index is 0.0486. The number of carbonyl (C=O) groups is 2. The van der Waals surface area contributed by atoms with E-state index in [1.807, 2.05) is 37.3 Å². The second kappa shape index (κ2) is 9.05. The van der Waals surface area contributed by atoms with Crippen LogP contribution in [-0.2, 0) is 15.0 Å². The molecule has 0 radical (unpaired) electrons. The summed E-state index contributed by atoms with van der Waals surface area (Å²) in [6.07, 6.45) is 0. The molecule has 0 aromatic heterocycles. The zero-order valence-electron chi connectivity index (χ0n) is 19.4. The first kappa shape index (κ1) is 24.2. The maximum atomic E-state index is 13.3. The van der Waals surface area contributed by atoms with E-state index in [9.17, 15) is 14.7 Å². The SMILES string of the molecule is Cc1ccc(N2C(=O)C(=O)/C(=C(/O)c3ccc(Br)cc3)C2c2ccc(C(C)(C)C)cc2)cc1Cl. The van der Waals surface area contributed by atoms with Crippen LogP contribution in [0.3, 0.4) is 0 Å². The van der Waals surface area contributed by atoms with Crippen LogP contribution in [0.25, 0.3) is 5.76 Å². The quantitative estimate of drug-likeness (QED) is 0.216. The van der Waals surface area contributed by atoms with Gasteiger partial charge in [-0.05, 0) is 53.3 Å². The molecule has 3 aromatic rings. The smallest absolute Gasteiger partial charge is 0.300 e. The van der Waals surface area contributed by atoms with Gasteiger partial charge in [0, 0.05) is 20.7 Å². The molecule has 1 N–H and O–H groups in total. The summed E-state index contributed by atoms with van der Waals surface area (Å²) in [6.45, 7) is 8.23. The second-order valence-electron chi connectivity index (χ2n) is 9.48. The number of aryl methyl sites for hydroxylation is 1. The highest BCUT2D eigenvalue weighted by atomic mass is 79.9. The molecule has 0 spiro atoms. The number of anilines is 1. The minimum Gasteiger partial charge on any atom is -0.507 e. The highest BCUT2D eigenvalue weighted by Crippen LogP contribution is 2.43. The molecular weight excluding hydrogens is 514 g/mol. The van der Waals surface area contributed by atoms with Crippen molar-refractivity contribution in [3.05, 3.63) is 104 Å². The molecule has 6 heteroatoms. The molecule has 4 nitrogen and oxygen atoms in total. The zero-order valence-corrected chi connectivity index (χ0v) is 21.7. The maximum absolute atomic E-state index is 13.3. The number of nitrogens with zero attached hydrogens (tertiary/aromatic N) is 1. The molecule has 174 valence electrons. The average Bonchev–Trinajstić information content (AvgIpc) is 3.06. The van der Waals surface area contributed by atoms with Gasteiger partial charge in [0.25, 0.3) is 11.7 Å². The van der Waals surface area contributed by atoms with Crippen molar-refractivity contribution in [1.82, 2.24) is 0 Å². The maximum Gasteiger partial charge on any atom is 0.300 e. The van der Waals surface area contributed by atoms with E-state index in [-0.39, 0.29) is 16.7 Å². The molecule has 1 heterocycles. The van der Waals surface area contributed by atoms with Gasteiger partial charge in [-0.2, -0.15) is 0 Å². The van der Waals surface area contributed by atoms with Crippen molar-refractivity contribution < 1.29 is 14.7 Å². The summed E-state index contributed by atoms with van der Waals surface area (Å²) in [5, 5.41) is 11.7. The van der Waals surface area contributed by atoms with Crippen LogP contribution in [-0.4, -0.2) is 16.8 Å². The Kier molecular flexibility index (Phi) is 6.45. The van der Waals surface area contributed by atoms with Gasteiger partial charge in [0.1, 0.15) is 5.76 Å². The number of Topliss-reactive ketones (excluding diaryl/α,β-unsaturated/α-hetero) is 1. The van der Waals surface area contributed by atoms with E-state index in [0.717, 1.165) is 21.2 Å². The van der Waals surface area contributed by atoms with E-state index >= 15 is 0 Å². The molecule has 1 saturated heterocycles. The molecular formula is C28H25BrClNO3. The largest absolute Gasteiger partial charge is 0.507 e. The van der Waals surface area contributed by atoms with E-state index < -0.39 is 17.7 Å². The number of halogens is 2. The molecule has 1 aliphatic heterocycles. The van der Waals surface area contributed by atoms with E-state index in [1.54, 1.807) is 36.4 Å². The number of amides is 1. The lowest BCUT2D eigenvalue weighted by Gasteiger charge is -2.27. The molecule has 0 saturated carbocycles. The Bertz CT molecular complexity index is 1300. The van der Waals surface area contributed by atoms with E-state index in [0.29, 0.717) is 16.3 Å². The summed E-state index contributed by atoms with van der Waals surface area (Å²) in [4.78, 5) is 28.0. The Morgan fingerprint density at radius 1 is 0.971 bits per heavy atom. The van der Waals surface area contributed by atoms with E-state index in [4.69, 9.17) is 11.6 Å². The highest BCUT2D eigenvalue weighted by Gasteiger charge is 2.47. The van der Waals surface area contributed by atoms with E-state index in [1.165, 1.54) is 4.90 Å². The van der Waals surface area contributed by atoms with Crippen LogP contribution in [0.15, 0.2) is 76.8 Å². The van der Waals surface area contributed by atoms with Crippen LogP contribution in [0, 0.1) is 6.92 Å². The van der Waals surface area contributed by atoms with Crippen molar-refractivity contribution in [3.63, 3.8) is 0 Å². The molecule has 1 fully saturated rings. The summed E-state index contributed by atoms with van der Waals surface area (Å²) >= 11 is 9.75. The predicted octanol–water partition coefficient (Wildman–Crippen LogP) is 7.33. The normalized spacial score (nSPS) is 17.9. The molecule has 4 rings (SSSR count). The Morgan fingerprint density at radius 3 is 2.15 bits per heavy atom. The second-order valence-corrected chi connectivity index (χ2v) is 10.8. The molecule has 1 unspecified atom stereocenters. The standard InChI is InChI=1S/C28H25BrClNO3/c1-16-5-14-21(15-22(16)30)31-24(17-6-10-19(11-7-17)28(2,3)4)23(26(33)27(31)34)25(32)18-8-12-20(29)13-9-18/h5-15,24,32H,1-4H3/b25-23+. The number of hydrogen-bond donors (Lipinski definition) is 1. The molecule has 1 amide bonds. The monoisotopic (exact) mass is 537 g/mol. The summed E-state index contributed by atoms with van der Waals surface area (Å²) in [7, 11) is 0. The van der Waals surface area contributed by atoms with Crippen molar-refractivity contribution >= 4 is 50.7 Å². The Morgan fingerprint density at radius 2 is 1.59 bits per heavy atom. The third kappa shape index (κ3) is 4.42. The fourth-order valence-electron chi connectivity index (χ4n) is 4.07. The number of benzene rings is 3. The first-order chi connectivity index (χ1) is 16.0. The molecule has 0 bridgehead atoms. The topological polar surface area (TPSA) is 57.6 Å². The third-order valence-electron chi connectivity index (χ3n) is 6.09. The van der Waals surface area contributed by atoms with Gasteiger partial charge < -0.3 is 5.11 Å². The van der Waals surface area contributed by atoms with E-state index in [2.05, 4.69) is 36.7 Å². The van der Waals surface area contributed by atoms with Gasteiger partial charge >= 0.3 is 0 Å². The number of hydrogen-bond acceptors (Lipinski definition) is 3. The van der Waals surface area contributed by atoms with Crippen molar-refractivity contribution in [2.45, 2.75) is 39.2 Å². The summed E-state index contributed by atoms with van der Waals surface area (Å²) in [5.74, 6) is -1.65. The predicted molar refractivity (Wildman–Crippen MR) is 140 cm³/mol. The van der Waals surface area contributed by atoms with Gasteiger partial charge in [0.15, 0.2) is 0 Å². The Balaban J connectivity index is 1.93. The van der Waals surface area contributed by atoms with Crippen molar-refractivity contribution in [2.24, 2.45) is 0 Å². The summed E-state index contributed by atoms with van der Waals surface area (Å²) < 4.78 is 0.841. The summed E-state index contributed by atoms with van der Waals surface area (Å²) in [6, 6.07) is 19.2. The van der Waals surface area contributed by atoms with Crippen LogP contribution >= 0.6 is 27.5 Å². The van der Waals surface area contributed by atoms with Gasteiger partial charge in [-0.3, -0.25) is 14.5 Å². The van der Waals surface area contributed by atoms with Crippen molar-refractivity contribution in [1.29, 1.82) is 0 Å². The zero-order chi connectivity index (χ0) is 24.8. The van der Waals surface area contributed by atoms with Crippen LogP contribution in [0.4, 0.5) is 5.69 Å². The third-order valence-corrected chi connectivity index (χ3v) is 7.02. The van der Waals surface area contributed by atoms with Gasteiger partial charge in [-0.25, -0.2) is 0 Å². The fourth-order valence-corrected chi connectivity index (χ4v) is 4.51. The molecule has 3 aromatic carbocycles. The van der Waals surface area contributed by atoms with Crippen LogP contribution in [0.5, 0.6) is 0 Å². The number of ketones is 1. The minimum atomic E-state index is -0.795. The lowest BCUT2D eigenvalue weighted by molar-refractivity contribution is -0.132. The number of carbonyl (C=O) groups excluding carboxylic acids is 2. The first-order valence-electron chi connectivity index (χ1n) is 10.9. The summed E-state index contributed by atoms with van der Waals surface area (Å²) in [5.41, 5.74) is 3.66. The number of rotatable bonds is 3. The van der Waals surface area contributed by atoms with Gasteiger partial charge in [-0.15, -0.1) is 0 Å². The molecule has 34 heavy (non-hydrogen) atoms. The van der Waals surface area contributed by atoms with Gasteiger partial charge in [0.2, 0.25) is 0 Å². The lowest BCUT2D eigenvalue weighted by Crippen LogP contribution is -2.29.